The second-order valence-electron chi connectivity index (χ2n) is 9.15. The van der Waals surface area contributed by atoms with E-state index in [1.54, 1.807) is 0 Å². The topological polar surface area (TPSA) is 26.3 Å². The Morgan fingerprint density at radius 1 is 0.628 bits per heavy atom. The van der Waals surface area contributed by atoms with Crippen LogP contribution in [0.4, 0.5) is 87.8 Å². The fourth-order valence-corrected chi connectivity index (χ4v) is 3.14. The lowest BCUT2D eigenvalue weighted by molar-refractivity contribution is -0.353. The van der Waals surface area contributed by atoms with Crippen LogP contribution in [0.3, 0.4) is 0 Å². The second-order valence-corrected chi connectivity index (χ2v) is 9.15. The molecule has 0 N–H and O–H groups in total. The first-order valence-electron chi connectivity index (χ1n) is 11.1. The molecule has 0 fully saturated rings. The van der Waals surface area contributed by atoms with E-state index < -0.39 is 104 Å². The van der Waals surface area contributed by atoms with Gasteiger partial charge in [0, 0.05) is 19.8 Å². The summed E-state index contributed by atoms with van der Waals surface area (Å²) in [6, 6.07) is 0. The molecular weight excluding hydrogens is 664 g/mol. The average Bonchev–Trinajstić information content (AvgIpc) is 2.72. The van der Waals surface area contributed by atoms with Gasteiger partial charge in [-0.2, -0.15) is 79.0 Å². The molecule has 0 aliphatic heterocycles. The van der Waals surface area contributed by atoms with Gasteiger partial charge in [0.25, 0.3) is 11.3 Å². The Kier molecular flexibility index (Phi) is 14.3. The molecule has 22 heteroatoms. The molecular formula is C21H22F20O2. The Bertz CT molecular complexity index is 846. The number of esters is 1. The van der Waals surface area contributed by atoms with Crippen LogP contribution in [0.15, 0.2) is 12.7 Å². The number of carbonyl (C=O) groups excluding carboxylic acids is 1. The van der Waals surface area contributed by atoms with E-state index in [-0.39, 0.29) is 0 Å². The van der Waals surface area contributed by atoms with Gasteiger partial charge in [0.05, 0.1) is 18.4 Å². The molecule has 0 aliphatic carbocycles. The van der Waals surface area contributed by atoms with E-state index in [2.05, 4.69) is 11.3 Å². The molecule has 0 saturated heterocycles. The zero-order valence-corrected chi connectivity index (χ0v) is 21.4. The van der Waals surface area contributed by atoms with Gasteiger partial charge in [0.1, 0.15) is 0 Å². The third-order valence-corrected chi connectivity index (χ3v) is 5.49. The van der Waals surface area contributed by atoms with Crippen molar-refractivity contribution in [1.82, 2.24) is 0 Å². The molecule has 0 radical (unpaired) electrons. The van der Waals surface area contributed by atoms with Gasteiger partial charge in [-0.3, -0.25) is 4.79 Å². The molecule has 0 rings (SSSR count). The zero-order valence-electron chi connectivity index (χ0n) is 21.4. The van der Waals surface area contributed by atoms with Crippen LogP contribution in [0.2, 0.25) is 0 Å². The van der Waals surface area contributed by atoms with Gasteiger partial charge in [-0.15, -0.1) is 6.58 Å². The second kappa shape index (κ2) is 14.3. The van der Waals surface area contributed by atoms with Crippen molar-refractivity contribution in [3.05, 3.63) is 12.7 Å². The van der Waals surface area contributed by atoms with Crippen molar-refractivity contribution in [2.75, 3.05) is 6.61 Å². The van der Waals surface area contributed by atoms with Crippen LogP contribution in [0.5, 0.6) is 0 Å². The van der Waals surface area contributed by atoms with Crippen LogP contribution in [0.25, 0.3) is 0 Å². The summed E-state index contributed by atoms with van der Waals surface area (Å²) in [5.41, 5.74) is -11.9. The normalized spacial score (nSPS) is 16.5. The van der Waals surface area contributed by atoms with E-state index >= 15 is 0 Å². The van der Waals surface area contributed by atoms with E-state index in [0.29, 0.717) is 6.08 Å². The van der Waals surface area contributed by atoms with Crippen molar-refractivity contribution in [3.8, 4) is 0 Å². The molecule has 3 unspecified atom stereocenters. The van der Waals surface area contributed by atoms with Crippen molar-refractivity contribution in [2.45, 2.75) is 87.9 Å². The Balaban J connectivity index is 0. The van der Waals surface area contributed by atoms with Gasteiger partial charge < -0.3 is 4.74 Å². The lowest BCUT2D eigenvalue weighted by atomic mass is 9.84. The monoisotopic (exact) mass is 686 g/mol. The Hall–Kier alpha value is -2.19. The number of hydrogen-bond donors (Lipinski definition) is 0. The number of alkyl halides is 20. The first-order valence-corrected chi connectivity index (χ1v) is 11.1. The summed E-state index contributed by atoms with van der Waals surface area (Å²) >= 11 is 0. The first-order chi connectivity index (χ1) is 18.6. The van der Waals surface area contributed by atoms with Crippen molar-refractivity contribution in [1.29, 1.82) is 0 Å². The largest absolute Gasteiger partial charge is 0.466 e. The molecule has 43 heavy (non-hydrogen) atoms. The van der Waals surface area contributed by atoms with Gasteiger partial charge in [-0.1, -0.05) is 13.0 Å². The van der Waals surface area contributed by atoms with Crippen LogP contribution in [0.1, 0.15) is 39.5 Å². The Morgan fingerprint density at radius 2 is 0.930 bits per heavy atom. The van der Waals surface area contributed by atoms with E-state index in [1.165, 1.54) is 0 Å². The van der Waals surface area contributed by atoms with Gasteiger partial charge >= 0.3 is 43.0 Å². The van der Waals surface area contributed by atoms with E-state index in [4.69, 9.17) is 0 Å². The predicted octanol–water partition coefficient (Wildman–Crippen LogP) is 9.94. The van der Waals surface area contributed by atoms with Crippen LogP contribution in [-0.2, 0) is 9.53 Å². The maximum Gasteiger partial charge on any atom is 0.431 e. The highest BCUT2D eigenvalue weighted by atomic mass is 19.4. The maximum absolute atomic E-state index is 13.5. The minimum atomic E-state index is -6.56. The molecule has 0 aromatic carbocycles. The molecule has 0 spiro atoms. The molecule has 0 saturated carbocycles. The standard InChI is InChI=1S/C12H14F10O2.C9H8F10/c1-6(5-24-7(2)23)3-8(10(14,15)16)4-9(13,11(17,18)19)12(20,21)22;1-2-3-5(7(11,12)13)4-6(10,8(14,15)16)9(17,18)19/h6,8H,3-5H2,1-2H3;2,5H,1,3-4H2. The molecule has 0 aromatic rings. The van der Waals surface area contributed by atoms with Crippen molar-refractivity contribution in [3.63, 3.8) is 0 Å². The first kappa shape index (κ1) is 42.9. The summed E-state index contributed by atoms with van der Waals surface area (Å²) < 4.78 is 253. The van der Waals surface area contributed by atoms with Crippen molar-refractivity contribution >= 4 is 5.97 Å². The Labute approximate surface area is 229 Å². The van der Waals surface area contributed by atoms with Gasteiger partial charge in [-0.05, 0) is 18.8 Å². The molecule has 0 heterocycles. The predicted molar refractivity (Wildman–Crippen MR) is 105 cm³/mol. The smallest absolute Gasteiger partial charge is 0.431 e. The fourth-order valence-electron chi connectivity index (χ4n) is 3.14. The van der Waals surface area contributed by atoms with Crippen LogP contribution < -0.4 is 0 Å². The molecule has 3 atom stereocenters. The maximum atomic E-state index is 13.5. The molecule has 0 aliphatic rings. The third-order valence-electron chi connectivity index (χ3n) is 5.49. The number of carbonyl (C=O) groups is 1. The van der Waals surface area contributed by atoms with E-state index in [1.807, 2.05) is 0 Å². The van der Waals surface area contributed by atoms with Crippen molar-refractivity contribution in [2.24, 2.45) is 17.8 Å². The summed E-state index contributed by atoms with van der Waals surface area (Å²) in [6.07, 6.45) is -44.7. The minimum absolute atomic E-state index is 0.478. The lowest BCUT2D eigenvalue weighted by Gasteiger charge is -2.34. The quantitative estimate of drug-likeness (QED) is 0.130. The van der Waals surface area contributed by atoms with Gasteiger partial charge in [-0.25, -0.2) is 8.78 Å². The molecule has 0 amide bonds. The van der Waals surface area contributed by atoms with Crippen LogP contribution in [-0.4, -0.2) is 61.0 Å². The van der Waals surface area contributed by atoms with Crippen LogP contribution in [0, 0.1) is 17.8 Å². The van der Waals surface area contributed by atoms with E-state index in [9.17, 15) is 92.6 Å². The summed E-state index contributed by atoms with van der Waals surface area (Å²) in [5, 5.41) is 0. The molecule has 0 aromatic heterocycles. The highest BCUT2D eigenvalue weighted by Crippen LogP contribution is 2.53. The van der Waals surface area contributed by atoms with Gasteiger partial charge in [0.15, 0.2) is 0 Å². The number of hydrogen-bond acceptors (Lipinski definition) is 2. The molecule has 2 nitrogen and oxygen atoms in total. The number of halogens is 20. The number of rotatable bonds is 10. The Morgan fingerprint density at radius 3 is 1.16 bits per heavy atom. The lowest BCUT2D eigenvalue weighted by Crippen LogP contribution is -2.55. The van der Waals surface area contributed by atoms with Gasteiger partial charge in [0.2, 0.25) is 0 Å². The highest BCUT2D eigenvalue weighted by Gasteiger charge is 2.74. The summed E-state index contributed by atoms with van der Waals surface area (Å²) in [6.45, 7) is 4.06. The third kappa shape index (κ3) is 12.4. The minimum Gasteiger partial charge on any atom is -0.466 e. The summed E-state index contributed by atoms with van der Waals surface area (Å²) in [4.78, 5) is 10.5. The SMILES string of the molecule is C=CCC(CC(F)(C(F)(F)F)C(F)(F)F)C(F)(F)F.CC(=O)OCC(C)CC(CC(F)(C(F)(F)F)C(F)(F)F)C(F)(F)F. The summed E-state index contributed by atoms with van der Waals surface area (Å²) in [7, 11) is 0. The fraction of sp³-hybridized carbons (Fsp3) is 0.857. The zero-order chi connectivity index (χ0) is 35.3. The molecule has 0 bridgehead atoms. The highest BCUT2D eigenvalue weighted by molar-refractivity contribution is 5.65. The van der Waals surface area contributed by atoms with Crippen LogP contribution >= 0.6 is 0 Å². The summed E-state index contributed by atoms with van der Waals surface area (Å²) in [5.74, 6) is -8.48. The number of ether oxygens (including phenoxy) is 1. The van der Waals surface area contributed by atoms with E-state index in [0.717, 1.165) is 13.8 Å². The number of allylic oxidation sites excluding steroid dienone is 1. The average molecular weight is 686 g/mol. The molecule has 258 valence electrons. The van der Waals surface area contributed by atoms with Crippen molar-refractivity contribution < 1.29 is 97.3 Å².